The van der Waals surface area contributed by atoms with Crippen molar-refractivity contribution in [1.29, 1.82) is 0 Å². The van der Waals surface area contributed by atoms with Crippen LogP contribution in [-0.4, -0.2) is 14.8 Å². The molecular weight excluding hydrogens is 1500 g/mol. The number of non-ortho nitro benzene ring substituents is 1. The molecule has 5 aromatic carbocycles. The van der Waals surface area contributed by atoms with E-state index in [1.54, 1.807) is 62.0 Å². The van der Waals surface area contributed by atoms with Crippen molar-refractivity contribution in [2.75, 3.05) is 0 Å². The van der Waals surface area contributed by atoms with Crippen LogP contribution in [0.15, 0.2) is 158 Å². The lowest BCUT2D eigenvalue weighted by Crippen LogP contribution is -3.00. The summed E-state index contributed by atoms with van der Waals surface area (Å²) >= 11 is 11.3. The molecule has 101 heavy (non-hydrogen) atoms. The Labute approximate surface area is 604 Å². The van der Waals surface area contributed by atoms with Crippen LogP contribution in [0.25, 0.3) is 73.1 Å². The first kappa shape index (κ1) is 104. The molecule has 2 heterocycles. The second kappa shape index (κ2) is 69.0. The minimum absolute atomic E-state index is 0. The van der Waals surface area contributed by atoms with Crippen LogP contribution in [-0.2, 0) is 13.5 Å². The molecule has 0 radical (unpaired) electrons. The lowest BCUT2D eigenvalue weighted by atomic mass is 10.1. The summed E-state index contributed by atoms with van der Waals surface area (Å²) in [5, 5.41) is 42.5. The van der Waals surface area contributed by atoms with Crippen LogP contribution in [0.1, 0.15) is 134 Å². The highest BCUT2D eigenvalue weighted by Gasteiger charge is 2.23. The number of hydrogen-bond donors (Lipinski definition) is 0. The molecule has 40 heteroatoms. The van der Waals surface area contributed by atoms with Gasteiger partial charge in [-0.3, -0.25) is 25.2 Å². The Morgan fingerprint density at radius 2 is 0.812 bits per heavy atom. The van der Waals surface area contributed by atoms with Gasteiger partial charge in [-0.25, -0.2) is 35.3 Å². The van der Waals surface area contributed by atoms with Gasteiger partial charge < -0.3 is 24.0 Å². The molecule has 0 atom stereocenters. The van der Waals surface area contributed by atoms with Crippen molar-refractivity contribution in [2.24, 2.45) is 42.8 Å². The molecule has 0 aliphatic carbocycles. The van der Waals surface area contributed by atoms with Gasteiger partial charge >= 0.3 is 0 Å². The van der Waals surface area contributed by atoms with Gasteiger partial charge in [0.2, 0.25) is 6.20 Å². The van der Waals surface area contributed by atoms with Crippen molar-refractivity contribution in [3.8, 4) is 0 Å². The zero-order chi connectivity index (χ0) is 78.0. The first-order valence-corrected chi connectivity index (χ1v) is 30.2. The van der Waals surface area contributed by atoms with Crippen molar-refractivity contribution >= 4 is 74.4 Å². The smallest absolute Gasteiger partial charge is 0.278 e. The predicted molar refractivity (Wildman–Crippen MR) is 374 cm³/mol. The molecule has 2 aromatic heterocycles. The van der Waals surface area contributed by atoms with Crippen LogP contribution in [0.2, 0.25) is 10.0 Å². The van der Waals surface area contributed by atoms with E-state index in [-0.39, 0.29) is 64.5 Å². The molecule has 0 N–H and O–H groups in total. The van der Waals surface area contributed by atoms with E-state index < -0.39 is 73.3 Å². The average molecular weight is 1570 g/mol. The minimum atomic E-state index is -1.68. The number of rotatable bonds is 10. The van der Waals surface area contributed by atoms with Crippen LogP contribution in [0.4, 0.5) is 86.3 Å². The topological polar surface area (TPSA) is 444 Å². The van der Waals surface area contributed by atoms with E-state index in [9.17, 15) is 55.4 Å². The first-order valence-electron chi connectivity index (χ1n) is 29.4. The van der Waals surface area contributed by atoms with E-state index in [1.165, 1.54) is 86.5 Å². The van der Waals surface area contributed by atoms with Crippen molar-refractivity contribution in [3.63, 3.8) is 0 Å². The fourth-order valence-corrected chi connectivity index (χ4v) is 5.48. The molecule has 0 fully saturated rings. The molecule has 546 valence electrons. The number of azide groups is 7. The number of halogens is 11. The van der Waals surface area contributed by atoms with Crippen molar-refractivity contribution in [3.05, 3.63) is 277 Å². The summed E-state index contributed by atoms with van der Waals surface area (Å²) < 4.78 is 104. The normalized spacial score (nSPS) is 8.36. The van der Waals surface area contributed by atoms with E-state index in [1.807, 2.05) is 0 Å². The minimum Gasteiger partial charge on any atom is -1.00 e. The van der Waals surface area contributed by atoms with Gasteiger partial charge in [0.1, 0.15) is 41.6 Å². The maximum absolute atomic E-state index is 13.1. The summed E-state index contributed by atoms with van der Waals surface area (Å²) in [7, 11) is 1.68. The maximum Gasteiger partial charge on any atom is 0.278 e. The molecule has 0 saturated carbocycles. The molecule has 29 nitrogen and oxygen atoms in total. The van der Waals surface area contributed by atoms with Gasteiger partial charge in [0.15, 0.2) is 35.3 Å². The van der Waals surface area contributed by atoms with Crippen molar-refractivity contribution in [1.82, 2.24) is 4.98 Å². The van der Waals surface area contributed by atoms with Gasteiger partial charge in [-0.15, -0.1) is 0 Å². The number of para-hydroxylation sites is 1. The number of nitro groups is 2. The van der Waals surface area contributed by atoms with Gasteiger partial charge in [0.05, 0.1) is 43.0 Å². The van der Waals surface area contributed by atoms with E-state index in [0.717, 1.165) is 24.3 Å². The quantitative estimate of drug-likeness (QED) is 0.0148. The lowest BCUT2D eigenvalue weighted by Gasteiger charge is -2.06. The summed E-state index contributed by atoms with van der Waals surface area (Å²) in [5.74, 6) is -9.56. The highest BCUT2D eigenvalue weighted by atomic mass is 127. The van der Waals surface area contributed by atoms with E-state index in [2.05, 4.69) is 158 Å². The molecule has 0 aliphatic rings. The number of aryl methyl sites for hydroxylation is 1. The Balaban J connectivity index is -0.000000196. The van der Waals surface area contributed by atoms with Crippen LogP contribution in [0, 0.1) is 66.8 Å². The van der Waals surface area contributed by atoms with Crippen LogP contribution < -0.4 is 28.5 Å². The third-order valence-corrected chi connectivity index (χ3v) is 9.13. The molecule has 0 unspecified atom stereocenters. The molecule has 0 spiro atoms. The summed E-state index contributed by atoms with van der Waals surface area (Å²) in [6, 6.07) is 21.4. The Bertz CT molecular complexity index is 3720. The highest BCUT2D eigenvalue weighted by Crippen LogP contribution is 2.33. The van der Waals surface area contributed by atoms with E-state index in [0.29, 0.717) is 21.8 Å². The largest absolute Gasteiger partial charge is 1.00 e. The Morgan fingerprint density at radius 1 is 0.436 bits per heavy atom. The predicted octanol–water partition coefficient (Wildman–Crippen LogP) is 24.9. The van der Waals surface area contributed by atoms with Gasteiger partial charge in [-0.1, -0.05) is 212 Å². The van der Waals surface area contributed by atoms with Gasteiger partial charge in [-0.2, -0.15) is 4.39 Å². The van der Waals surface area contributed by atoms with Crippen LogP contribution >= 0.6 is 23.2 Å². The molecule has 7 aromatic rings. The molecule has 7 rings (SSSR count). The number of aromatic nitrogens is 2. The summed E-state index contributed by atoms with van der Waals surface area (Å²) in [6.45, 7) is 26.8. The van der Waals surface area contributed by atoms with E-state index in [4.69, 9.17) is 61.9 Å². The molecule has 0 saturated heterocycles. The van der Waals surface area contributed by atoms with Gasteiger partial charge in [0.25, 0.3) is 11.4 Å². The number of benzene rings is 5. The second-order valence-corrected chi connectivity index (χ2v) is 18.6. The SMILES string of the molecule is CCC.CCC.CCC.CCC.CCC.CCC.CCc1c(F)c(F)c(N=[N+]=[N-])c(F)c1F.C[n+]1ccc(N=[N+]=[N-])c(F)c1.[I-].[N-]=[N+]=Nc1c(Cl)cccc1Cl.[N-]=[N+]=Nc1c(F)cccc1F.[N-]=[N+]=Nc1ccc([N+](=O)[O-])cc1F.[N-]=[N+]=Nc1ccccc1[N+](=O)[O-].[N-]=[N+]=Nc1ccncc1. The highest BCUT2D eigenvalue weighted by molar-refractivity contribution is 6.38. The summed E-state index contributed by atoms with van der Waals surface area (Å²) in [5.41, 5.74) is 53.5. The molecule has 0 amide bonds. The maximum atomic E-state index is 13.1. The van der Waals surface area contributed by atoms with Crippen molar-refractivity contribution < 1.29 is 73.5 Å². The first-order chi connectivity index (χ1) is 47.6. The Morgan fingerprint density at radius 3 is 1.19 bits per heavy atom. The number of nitro benzene ring substituents is 2. The third kappa shape index (κ3) is 49.3. The fourth-order valence-electron chi connectivity index (χ4n) is 5.00. The summed E-state index contributed by atoms with van der Waals surface area (Å²) in [6.07, 6.45) is 13.3. The number of hydrogen-bond acceptors (Lipinski definition) is 12. The Hall–Kier alpha value is -10.9. The fraction of sp³-hybridized carbons (Fsp3) is 0.344. The van der Waals surface area contributed by atoms with Crippen molar-refractivity contribution in [2.45, 2.75) is 135 Å². The van der Waals surface area contributed by atoms with Gasteiger partial charge in [-0.05, 0) is 93.7 Å². The zero-order valence-corrected chi connectivity index (χ0v) is 61.1. The molecule has 0 bridgehead atoms. The van der Waals surface area contributed by atoms with E-state index >= 15 is 0 Å². The third-order valence-electron chi connectivity index (χ3n) is 8.52. The van der Waals surface area contributed by atoms with Crippen LogP contribution in [0.3, 0.4) is 0 Å². The average Bonchev–Trinajstić information content (AvgIpc) is 0.796. The standard InChI is InChI=1S/C8H5F4N3.C6H3Cl2N3.C6H3F2N3.C6H3FN4O2.C6H6FN4.C6H4N4O2.C5H4N4.6C3H8.HI/c1-2-3-4(9)6(11)8(14-15-13)7(12)5(3)10;2*7-4-2-1-3-5(8)6(4)10-11-9;7-5-3-4(11(12)13)1-2-6(5)9-10-8;1-11-3-2-6(9-10-8)5(7)4-11;7-9-8-5-3-1-2-4-6(5)10(11)12;6-9-8-5-1-3-7-4-2-5;6*1-3-2;/h2H2,1H3;2*1-3H;1-3H;2-4H,1H3;1-4H;1-4H;6*3H2,1-2H3;1H/q;;;;+1;;;;;;;;;/p-1. The van der Waals surface area contributed by atoms with Gasteiger partial charge in [0, 0.05) is 76.2 Å². The summed E-state index contributed by atoms with van der Waals surface area (Å²) in [4.78, 5) is 39.7. The van der Waals surface area contributed by atoms with Crippen LogP contribution in [0.5, 0.6) is 0 Å². The monoisotopic (exact) mass is 1570 g/mol. The second-order valence-electron chi connectivity index (χ2n) is 17.8. The number of pyridine rings is 2. The molecule has 0 aliphatic heterocycles. The lowest BCUT2D eigenvalue weighted by molar-refractivity contribution is -0.672. The zero-order valence-electron chi connectivity index (χ0n) is 57.5. The number of nitrogens with zero attached hydrogens (tertiary/aromatic N) is 25. The molecular formula is C61H76Cl2F8IN25O4. The Kier molecular flexibility index (Phi) is 70.8.